The number of hydroxylamine groups is 1. The van der Waals surface area contributed by atoms with Crippen molar-refractivity contribution in [1.29, 1.82) is 0 Å². The standard InChI is InChI=1S/C42H59N7O9/c1-4-5-7-18-35(50)45-24-13-11-16-32(38(44)53)46-41(56)34(26-28-19-21-30(22-20-28)36(51)29-14-8-6-9-15-29)48-40(55)33(17-10-12-23-43)47-39(54)31(25-27(2)3)37(52)42(57)49-58/h1,6,8-9,14-15,19-22,27,31-34,37,52,58H,5,7,10-13,16-18,23-26,43H2,2-3H3,(H2,44,53)(H,45,50)(H,46,56)(H,47,54)(H,48,55)(H,49,57)/t31-,32?,33-,34-,37-/m0/s1. The smallest absolute Gasteiger partial charge is 0.272 e. The number of nitrogens with one attached hydrogen (secondary N) is 5. The van der Waals surface area contributed by atoms with Crippen molar-refractivity contribution >= 4 is 41.2 Å². The normalized spacial score (nSPS) is 13.5. The molecular weight excluding hydrogens is 747 g/mol. The van der Waals surface area contributed by atoms with E-state index in [1.54, 1.807) is 68.4 Å². The molecule has 5 atom stereocenters. The zero-order valence-electron chi connectivity index (χ0n) is 33.3. The second-order valence-corrected chi connectivity index (χ2v) is 14.5. The van der Waals surface area contributed by atoms with Crippen LogP contribution >= 0.6 is 0 Å². The number of nitrogens with two attached hydrogens (primary N) is 2. The molecule has 0 saturated carbocycles. The van der Waals surface area contributed by atoms with Gasteiger partial charge in [0.1, 0.15) is 24.2 Å². The summed E-state index contributed by atoms with van der Waals surface area (Å²) in [6.45, 7) is 4.18. The third-order valence-corrected chi connectivity index (χ3v) is 9.35. The SMILES string of the molecule is C#CCCCC(=O)NCCCCC(NC(=O)[C@H](Cc1ccc(C(=O)c2ccccc2)cc1)NC(=O)[C@H](CCCCN)NC(=O)[C@@H](CC(C)C)[C@H](O)C(=O)NO)C(N)=O. The highest BCUT2D eigenvalue weighted by atomic mass is 16.5. The first-order valence-corrected chi connectivity index (χ1v) is 19.6. The lowest BCUT2D eigenvalue weighted by molar-refractivity contribution is -0.147. The third kappa shape index (κ3) is 17.2. The van der Waals surface area contributed by atoms with Crippen molar-refractivity contribution in [3.8, 4) is 12.3 Å². The number of amides is 6. The minimum absolute atomic E-state index is 0.0404. The summed E-state index contributed by atoms with van der Waals surface area (Å²) in [5, 5.41) is 30.4. The molecule has 0 bridgehead atoms. The Labute approximate surface area is 340 Å². The maximum absolute atomic E-state index is 14.0. The van der Waals surface area contributed by atoms with Crippen molar-refractivity contribution in [3.63, 3.8) is 0 Å². The molecule has 11 N–H and O–H groups in total. The number of hydrogen-bond acceptors (Lipinski definition) is 10. The van der Waals surface area contributed by atoms with Gasteiger partial charge >= 0.3 is 0 Å². The molecule has 16 heteroatoms. The van der Waals surface area contributed by atoms with Gasteiger partial charge in [-0.15, -0.1) is 12.3 Å². The van der Waals surface area contributed by atoms with E-state index < -0.39 is 59.7 Å². The number of rotatable bonds is 27. The average Bonchev–Trinajstić information content (AvgIpc) is 3.21. The summed E-state index contributed by atoms with van der Waals surface area (Å²) >= 11 is 0. The molecule has 0 aliphatic carbocycles. The van der Waals surface area contributed by atoms with Gasteiger partial charge in [0.25, 0.3) is 5.91 Å². The number of carbonyl (C=O) groups is 7. The number of hydrogen-bond donors (Lipinski definition) is 9. The Morgan fingerprint density at radius 2 is 1.33 bits per heavy atom. The topological polar surface area (TPSA) is 272 Å². The van der Waals surface area contributed by atoms with Gasteiger partial charge in [-0.3, -0.25) is 38.8 Å². The molecule has 2 rings (SSSR count). The summed E-state index contributed by atoms with van der Waals surface area (Å²) in [4.78, 5) is 91.1. The molecule has 0 saturated heterocycles. The fraction of sp³-hybridized carbons (Fsp3) is 0.500. The highest BCUT2D eigenvalue weighted by molar-refractivity contribution is 6.09. The van der Waals surface area contributed by atoms with Crippen LogP contribution in [0.3, 0.4) is 0 Å². The van der Waals surface area contributed by atoms with Gasteiger partial charge in [0.2, 0.25) is 29.5 Å². The number of terminal acetylenes is 1. The second kappa shape index (κ2) is 26.3. The molecule has 2 aromatic carbocycles. The summed E-state index contributed by atoms with van der Waals surface area (Å²) in [6, 6.07) is 11.5. The average molecular weight is 806 g/mol. The lowest BCUT2D eigenvalue weighted by Crippen LogP contribution is -2.58. The first-order valence-electron chi connectivity index (χ1n) is 19.6. The molecular formula is C42H59N7O9. The number of carbonyl (C=O) groups excluding carboxylic acids is 7. The summed E-state index contributed by atoms with van der Waals surface area (Å²) < 4.78 is 0. The largest absolute Gasteiger partial charge is 0.382 e. The minimum atomic E-state index is -1.92. The van der Waals surface area contributed by atoms with E-state index in [-0.39, 0.29) is 43.3 Å². The molecule has 2 aromatic rings. The van der Waals surface area contributed by atoms with Crippen LogP contribution in [-0.2, 0) is 35.2 Å². The van der Waals surface area contributed by atoms with Crippen LogP contribution in [0.5, 0.6) is 0 Å². The van der Waals surface area contributed by atoms with Crippen LogP contribution in [0.4, 0.5) is 0 Å². The van der Waals surface area contributed by atoms with Gasteiger partial charge in [0.05, 0.1) is 5.92 Å². The van der Waals surface area contributed by atoms with Crippen molar-refractivity contribution in [3.05, 3.63) is 71.3 Å². The molecule has 1 unspecified atom stereocenters. The summed E-state index contributed by atoms with van der Waals surface area (Å²) in [5.41, 5.74) is 14.1. The number of aliphatic hydroxyl groups is 1. The van der Waals surface area contributed by atoms with Crippen molar-refractivity contribution in [2.24, 2.45) is 23.3 Å². The van der Waals surface area contributed by atoms with Crippen molar-refractivity contribution in [2.45, 2.75) is 109 Å². The summed E-state index contributed by atoms with van der Waals surface area (Å²) in [6.07, 6.45) is 6.63. The molecule has 16 nitrogen and oxygen atoms in total. The first kappa shape index (κ1) is 48.5. The Bertz CT molecular complexity index is 1700. The van der Waals surface area contributed by atoms with E-state index >= 15 is 0 Å². The van der Waals surface area contributed by atoms with Crippen LogP contribution in [0.15, 0.2) is 54.6 Å². The molecule has 6 amide bonds. The van der Waals surface area contributed by atoms with Gasteiger partial charge in [0, 0.05) is 36.9 Å². The van der Waals surface area contributed by atoms with Crippen LogP contribution in [-0.4, -0.2) is 88.9 Å². The molecule has 0 radical (unpaired) electrons. The van der Waals surface area contributed by atoms with Crippen LogP contribution in [0, 0.1) is 24.2 Å². The molecule has 0 fully saturated rings. The number of unbranched alkanes of at least 4 members (excludes halogenated alkanes) is 3. The predicted octanol–water partition coefficient (Wildman–Crippen LogP) is 1.15. The Hall–Kier alpha value is -5.63. The lowest BCUT2D eigenvalue weighted by Gasteiger charge is -2.27. The predicted molar refractivity (Wildman–Crippen MR) is 216 cm³/mol. The maximum atomic E-state index is 14.0. The first-order chi connectivity index (χ1) is 27.7. The quantitative estimate of drug-likeness (QED) is 0.0204. The lowest BCUT2D eigenvalue weighted by atomic mass is 9.90. The van der Waals surface area contributed by atoms with E-state index in [0.717, 1.165) is 0 Å². The van der Waals surface area contributed by atoms with Crippen molar-refractivity contribution < 1.29 is 43.9 Å². The maximum Gasteiger partial charge on any atom is 0.272 e. The zero-order chi connectivity index (χ0) is 43.0. The Morgan fingerprint density at radius 1 is 0.741 bits per heavy atom. The molecule has 316 valence electrons. The van der Waals surface area contributed by atoms with Gasteiger partial charge in [-0.25, -0.2) is 5.48 Å². The summed E-state index contributed by atoms with van der Waals surface area (Å²) in [7, 11) is 0. The van der Waals surface area contributed by atoms with E-state index in [1.807, 2.05) is 0 Å². The Morgan fingerprint density at radius 3 is 1.93 bits per heavy atom. The van der Waals surface area contributed by atoms with Crippen LogP contribution in [0.2, 0.25) is 0 Å². The minimum Gasteiger partial charge on any atom is -0.382 e. The van der Waals surface area contributed by atoms with Gasteiger partial charge in [0.15, 0.2) is 5.78 Å². The van der Waals surface area contributed by atoms with Gasteiger partial charge < -0.3 is 37.8 Å². The van der Waals surface area contributed by atoms with Gasteiger partial charge in [-0.2, -0.15) is 0 Å². The summed E-state index contributed by atoms with van der Waals surface area (Å²) in [5.74, 6) is -3.71. The van der Waals surface area contributed by atoms with Crippen LogP contribution < -0.4 is 38.2 Å². The molecule has 0 spiro atoms. The number of benzene rings is 2. The van der Waals surface area contributed by atoms with Gasteiger partial charge in [-0.1, -0.05) is 68.4 Å². The van der Waals surface area contributed by atoms with Crippen molar-refractivity contribution in [2.75, 3.05) is 13.1 Å². The molecule has 0 aromatic heterocycles. The number of aliphatic hydroxyl groups excluding tert-OH is 1. The Kier molecular flexibility index (Phi) is 22.0. The van der Waals surface area contributed by atoms with Crippen LogP contribution in [0.1, 0.15) is 99.5 Å². The second-order valence-electron chi connectivity index (χ2n) is 14.5. The molecule has 0 aliphatic heterocycles. The highest BCUT2D eigenvalue weighted by Gasteiger charge is 2.36. The van der Waals surface area contributed by atoms with E-state index in [2.05, 4.69) is 27.2 Å². The Balaban J connectivity index is 2.34. The van der Waals surface area contributed by atoms with E-state index in [9.17, 15) is 38.7 Å². The fourth-order valence-corrected chi connectivity index (χ4v) is 6.14. The third-order valence-electron chi connectivity index (χ3n) is 9.35. The van der Waals surface area contributed by atoms with E-state index in [1.165, 1.54) is 5.48 Å². The molecule has 58 heavy (non-hydrogen) atoms. The monoisotopic (exact) mass is 805 g/mol. The van der Waals surface area contributed by atoms with Crippen molar-refractivity contribution in [1.82, 2.24) is 26.7 Å². The number of ketones is 1. The van der Waals surface area contributed by atoms with E-state index in [0.29, 0.717) is 74.7 Å². The zero-order valence-corrected chi connectivity index (χ0v) is 33.3. The highest BCUT2D eigenvalue weighted by Crippen LogP contribution is 2.18. The molecule has 0 heterocycles. The van der Waals surface area contributed by atoms with E-state index in [4.69, 9.17) is 23.1 Å². The number of primary amides is 1. The van der Waals surface area contributed by atoms with Gasteiger partial charge in [-0.05, 0) is 69.4 Å². The molecule has 0 aliphatic rings. The van der Waals surface area contributed by atoms with Crippen LogP contribution in [0.25, 0.3) is 0 Å². The fourth-order valence-electron chi connectivity index (χ4n) is 6.14.